The van der Waals surface area contributed by atoms with Gasteiger partial charge in [-0.1, -0.05) is 19.8 Å². The zero-order valence-corrected chi connectivity index (χ0v) is 9.22. The molecule has 1 saturated carbocycles. The van der Waals surface area contributed by atoms with Crippen molar-refractivity contribution < 1.29 is 4.79 Å². The Morgan fingerprint density at radius 2 is 2.00 bits per heavy atom. The molecule has 2 rings (SSSR count). The van der Waals surface area contributed by atoms with Crippen LogP contribution in [0.2, 0.25) is 0 Å². The van der Waals surface area contributed by atoms with Gasteiger partial charge < -0.3 is 4.90 Å². The molecule has 0 aromatic carbocycles. The Bertz CT molecular complexity index is 218. The molecule has 1 heterocycles. The largest absolute Gasteiger partial charge is 0.342 e. The zero-order valence-electron chi connectivity index (χ0n) is 9.22. The van der Waals surface area contributed by atoms with E-state index in [2.05, 4.69) is 11.8 Å². The first kappa shape index (κ1) is 10.0. The van der Waals surface area contributed by atoms with Gasteiger partial charge in [0.15, 0.2) is 0 Å². The SMILES string of the molecule is CCC1(CN2CCCC2=O)CCCC1. The summed E-state index contributed by atoms with van der Waals surface area (Å²) in [5.41, 5.74) is 0.486. The maximum atomic E-state index is 11.5. The van der Waals surface area contributed by atoms with Crippen LogP contribution in [0.25, 0.3) is 0 Å². The van der Waals surface area contributed by atoms with E-state index in [9.17, 15) is 4.79 Å². The molecule has 0 radical (unpaired) electrons. The predicted octanol–water partition coefficient (Wildman–Crippen LogP) is 2.58. The molecule has 0 atom stereocenters. The van der Waals surface area contributed by atoms with Gasteiger partial charge in [-0.2, -0.15) is 0 Å². The summed E-state index contributed by atoms with van der Waals surface area (Å²) < 4.78 is 0. The van der Waals surface area contributed by atoms with E-state index in [1.54, 1.807) is 0 Å². The molecule has 2 nitrogen and oxygen atoms in total. The van der Waals surface area contributed by atoms with Gasteiger partial charge in [0.2, 0.25) is 5.91 Å². The van der Waals surface area contributed by atoms with Crippen molar-refractivity contribution in [1.29, 1.82) is 0 Å². The highest BCUT2D eigenvalue weighted by atomic mass is 16.2. The molecule has 0 bridgehead atoms. The summed E-state index contributed by atoms with van der Waals surface area (Å²) in [7, 11) is 0. The quantitative estimate of drug-likeness (QED) is 0.678. The zero-order chi connectivity index (χ0) is 10.0. The normalized spacial score (nSPS) is 26.1. The third-order valence-electron chi connectivity index (χ3n) is 4.11. The number of hydrogen-bond donors (Lipinski definition) is 0. The summed E-state index contributed by atoms with van der Waals surface area (Å²) in [4.78, 5) is 13.7. The van der Waals surface area contributed by atoms with Gasteiger partial charge in [-0.25, -0.2) is 0 Å². The summed E-state index contributed by atoms with van der Waals surface area (Å²) in [5, 5.41) is 0. The van der Waals surface area contributed by atoms with Crippen LogP contribution in [-0.2, 0) is 4.79 Å². The maximum Gasteiger partial charge on any atom is 0.222 e. The smallest absolute Gasteiger partial charge is 0.222 e. The van der Waals surface area contributed by atoms with Crippen molar-refractivity contribution in [2.45, 2.75) is 51.9 Å². The van der Waals surface area contributed by atoms with Gasteiger partial charge in [-0.3, -0.25) is 4.79 Å². The molecule has 2 aliphatic rings. The standard InChI is InChI=1S/C12H21NO/c1-2-12(7-3-4-8-12)10-13-9-5-6-11(13)14/h2-10H2,1H3. The fourth-order valence-electron chi connectivity index (χ4n) is 3.02. The highest BCUT2D eigenvalue weighted by molar-refractivity contribution is 5.78. The number of rotatable bonds is 3. The molecule has 0 unspecified atom stereocenters. The molecule has 1 saturated heterocycles. The Labute approximate surface area is 86.7 Å². The molecule has 0 N–H and O–H groups in total. The van der Waals surface area contributed by atoms with Crippen LogP contribution in [0.1, 0.15) is 51.9 Å². The second kappa shape index (κ2) is 3.92. The average molecular weight is 195 g/mol. The van der Waals surface area contributed by atoms with E-state index in [1.165, 1.54) is 32.1 Å². The Kier molecular flexibility index (Phi) is 2.80. The van der Waals surface area contributed by atoms with E-state index in [0.717, 1.165) is 25.9 Å². The Balaban J connectivity index is 1.96. The summed E-state index contributed by atoms with van der Waals surface area (Å²) in [6, 6.07) is 0. The van der Waals surface area contributed by atoms with Crippen molar-refractivity contribution in [1.82, 2.24) is 4.90 Å². The Hall–Kier alpha value is -0.530. The van der Waals surface area contributed by atoms with Crippen LogP contribution in [0, 0.1) is 5.41 Å². The van der Waals surface area contributed by atoms with Crippen LogP contribution in [0.4, 0.5) is 0 Å². The second-order valence-electron chi connectivity index (χ2n) is 4.98. The fraction of sp³-hybridized carbons (Fsp3) is 0.917. The van der Waals surface area contributed by atoms with Crippen molar-refractivity contribution >= 4 is 5.91 Å². The topological polar surface area (TPSA) is 20.3 Å². The lowest BCUT2D eigenvalue weighted by Crippen LogP contribution is -2.36. The lowest BCUT2D eigenvalue weighted by atomic mass is 9.83. The minimum Gasteiger partial charge on any atom is -0.342 e. The van der Waals surface area contributed by atoms with Gasteiger partial charge in [0.25, 0.3) is 0 Å². The van der Waals surface area contributed by atoms with Crippen LogP contribution in [0.15, 0.2) is 0 Å². The van der Waals surface area contributed by atoms with E-state index in [0.29, 0.717) is 11.3 Å². The van der Waals surface area contributed by atoms with Crippen LogP contribution in [-0.4, -0.2) is 23.9 Å². The molecule has 14 heavy (non-hydrogen) atoms. The first-order chi connectivity index (χ1) is 6.76. The summed E-state index contributed by atoms with van der Waals surface area (Å²) in [5.74, 6) is 0.393. The van der Waals surface area contributed by atoms with Crippen LogP contribution in [0.3, 0.4) is 0 Å². The van der Waals surface area contributed by atoms with E-state index in [-0.39, 0.29) is 0 Å². The van der Waals surface area contributed by atoms with Crippen molar-refractivity contribution in [2.75, 3.05) is 13.1 Å². The maximum absolute atomic E-state index is 11.5. The van der Waals surface area contributed by atoms with Crippen molar-refractivity contribution in [3.63, 3.8) is 0 Å². The molecule has 0 aromatic heterocycles. The molecular formula is C12H21NO. The molecule has 80 valence electrons. The van der Waals surface area contributed by atoms with Crippen LogP contribution < -0.4 is 0 Å². The molecule has 0 spiro atoms. The Morgan fingerprint density at radius 3 is 2.50 bits per heavy atom. The molecule has 2 fully saturated rings. The third kappa shape index (κ3) is 1.79. The molecule has 1 amide bonds. The number of amides is 1. The van der Waals surface area contributed by atoms with E-state index in [4.69, 9.17) is 0 Å². The van der Waals surface area contributed by atoms with Gasteiger partial charge in [0, 0.05) is 19.5 Å². The number of carbonyl (C=O) groups excluding carboxylic acids is 1. The molecule has 0 aromatic rings. The van der Waals surface area contributed by atoms with Gasteiger partial charge in [-0.15, -0.1) is 0 Å². The van der Waals surface area contributed by atoms with E-state index < -0.39 is 0 Å². The first-order valence-electron chi connectivity index (χ1n) is 6.04. The predicted molar refractivity (Wildman–Crippen MR) is 57.0 cm³/mol. The van der Waals surface area contributed by atoms with Gasteiger partial charge >= 0.3 is 0 Å². The first-order valence-corrected chi connectivity index (χ1v) is 6.04. The van der Waals surface area contributed by atoms with Gasteiger partial charge in [0.05, 0.1) is 0 Å². The lowest BCUT2D eigenvalue weighted by molar-refractivity contribution is -0.129. The minimum absolute atomic E-state index is 0.393. The number of carbonyl (C=O) groups is 1. The highest BCUT2D eigenvalue weighted by Gasteiger charge is 2.36. The van der Waals surface area contributed by atoms with Crippen molar-refractivity contribution in [3.8, 4) is 0 Å². The number of hydrogen-bond acceptors (Lipinski definition) is 1. The monoisotopic (exact) mass is 195 g/mol. The van der Waals surface area contributed by atoms with Gasteiger partial charge in [-0.05, 0) is 31.1 Å². The van der Waals surface area contributed by atoms with E-state index >= 15 is 0 Å². The molecular weight excluding hydrogens is 174 g/mol. The third-order valence-corrected chi connectivity index (χ3v) is 4.11. The van der Waals surface area contributed by atoms with E-state index in [1.807, 2.05) is 0 Å². The summed E-state index contributed by atoms with van der Waals surface area (Å²) in [6.45, 7) is 4.34. The number of nitrogens with zero attached hydrogens (tertiary/aromatic N) is 1. The van der Waals surface area contributed by atoms with Gasteiger partial charge in [0.1, 0.15) is 0 Å². The summed E-state index contributed by atoms with van der Waals surface area (Å²) in [6.07, 6.45) is 8.54. The molecule has 1 aliphatic heterocycles. The highest BCUT2D eigenvalue weighted by Crippen LogP contribution is 2.42. The fourth-order valence-corrected chi connectivity index (χ4v) is 3.02. The number of likely N-dealkylation sites (tertiary alicyclic amines) is 1. The molecule has 1 aliphatic carbocycles. The second-order valence-corrected chi connectivity index (χ2v) is 4.98. The summed E-state index contributed by atoms with van der Waals surface area (Å²) >= 11 is 0. The lowest BCUT2D eigenvalue weighted by Gasteiger charge is -2.32. The van der Waals surface area contributed by atoms with Crippen LogP contribution in [0.5, 0.6) is 0 Å². The van der Waals surface area contributed by atoms with Crippen molar-refractivity contribution in [3.05, 3.63) is 0 Å². The molecule has 2 heteroatoms. The van der Waals surface area contributed by atoms with Crippen LogP contribution >= 0.6 is 0 Å². The average Bonchev–Trinajstić information content (AvgIpc) is 2.79. The minimum atomic E-state index is 0.393. The Morgan fingerprint density at radius 1 is 1.29 bits per heavy atom. The van der Waals surface area contributed by atoms with Crippen molar-refractivity contribution in [2.24, 2.45) is 5.41 Å².